The van der Waals surface area contributed by atoms with Crippen molar-refractivity contribution >= 4 is 11.7 Å². The predicted molar refractivity (Wildman–Crippen MR) is 70.2 cm³/mol. The third kappa shape index (κ3) is 3.68. The molecule has 1 amide bonds. The van der Waals surface area contributed by atoms with Crippen LogP contribution in [0.2, 0.25) is 0 Å². The van der Waals surface area contributed by atoms with Crippen LogP contribution in [0.5, 0.6) is 0 Å². The second-order valence-corrected chi connectivity index (χ2v) is 4.66. The number of hydrogen-bond acceptors (Lipinski definition) is 3. The Balaban J connectivity index is 2.99. The van der Waals surface area contributed by atoms with Gasteiger partial charge in [-0.05, 0) is 18.9 Å². The van der Waals surface area contributed by atoms with Gasteiger partial charge in [-0.3, -0.25) is 4.79 Å². The van der Waals surface area contributed by atoms with Crippen molar-refractivity contribution in [2.45, 2.75) is 20.8 Å². The van der Waals surface area contributed by atoms with Gasteiger partial charge in [0.05, 0.1) is 11.8 Å². The van der Waals surface area contributed by atoms with Crippen LogP contribution in [0.25, 0.3) is 0 Å². The average molecular weight is 253 g/mol. The summed E-state index contributed by atoms with van der Waals surface area (Å²) in [6.07, 6.45) is 1.11. The molecule has 0 fully saturated rings. The molecule has 100 valence electrons. The molecule has 0 bridgehead atoms. The summed E-state index contributed by atoms with van der Waals surface area (Å²) in [6.45, 7) is 7.21. The Hall–Kier alpha value is -1.65. The van der Waals surface area contributed by atoms with Gasteiger partial charge in [0.15, 0.2) is 0 Å². The van der Waals surface area contributed by atoms with Gasteiger partial charge < -0.3 is 10.2 Å². The SMILES string of the molecule is CCNc1ncc(F)cc1C(=O)N(C)CC(C)C. The number of nitrogens with zero attached hydrogens (tertiary/aromatic N) is 2. The largest absolute Gasteiger partial charge is 0.370 e. The van der Waals surface area contributed by atoms with E-state index in [-0.39, 0.29) is 11.5 Å². The van der Waals surface area contributed by atoms with Gasteiger partial charge >= 0.3 is 0 Å². The number of nitrogens with one attached hydrogen (secondary N) is 1. The van der Waals surface area contributed by atoms with E-state index in [0.717, 1.165) is 6.20 Å². The number of carbonyl (C=O) groups is 1. The van der Waals surface area contributed by atoms with Crippen LogP contribution in [-0.2, 0) is 0 Å². The lowest BCUT2D eigenvalue weighted by Gasteiger charge is -2.20. The number of carbonyl (C=O) groups excluding carboxylic acids is 1. The van der Waals surface area contributed by atoms with Crippen LogP contribution in [-0.4, -0.2) is 35.9 Å². The average Bonchev–Trinajstić information content (AvgIpc) is 2.30. The lowest BCUT2D eigenvalue weighted by molar-refractivity contribution is 0.0779. The highest BCUT2D eigenvalue weighted by Gasteiger charge is 2.18. The lowest BCUT2D eigenvalue weighted by atomic mass is 10.1. The summed E-state index contributed by atoms with van der Waals surface area (Å²) >= 11 is 0. The fraction of sp³-hybridized carbons (Fsp3) is 0.538. The molecule has 0 atom stereocenters. The molecule has 0 aliphatic rings. The van der Waals surface area contributed by atoms with E-state index in [0.29, 0.717) is 24.8 Å². The fourth-order valence-corrected chi connectivity index (χ4v) is 1.75. The zero-order valence-corrected chi connectivity index (χ0v) is 11.3. The van der Waals surface area contributed by atoms with E-state index in [4.69, 9.17) is 0 Å². The zero-order valence-electron chi connectivity index (χ0n) is 11.3. The van der Waals surface area contributed by atoms with Gasteiger partial charge in [-0.25, -0.2) is 9.37 Å². The Morgan fingerprint density at radius 1 is 1.56 bits per heavy atom. The van der Waals surface area contributed by atoms with Crippen molar-refractivity contribution in [2.24, 2.45) is 5.92 Å². The highest BCUT2D eigenvalue weighted by Crippen LogP contribution is 2.16. The second kappa shape index (κ2) is 6.33. The molecular formula is C13H20FN3O. The zero-order chi connectivity index (χ0) is 13.7. The third-order valence-electron chi connectivity index (χ3n) is 2.41. The van der Waals surface area contributed by atoms with Crippen molar-refractivity contribution in [1.29, 1.82) is 0 Å². The summed E-state index contributed by atoms with van der Waals surface area (Å²) in [5.41, 5.74) is 0.278. The number of halogens is 1. The molecule has 1 rings (SSSR count). The number of pyridine rings is 1. The highest BCUT2D eigenvalue weighted by molar-refractivity contribution is 5.98. The molecule has 0 aliphatic carbocycles. The van der Waals surface area contributed by atoms with Gasteiger partial charge in [0, 0.05) is 20.1 Å². The predicted octanol–water partition coefficient (Wildman–Crippen LogP) is 2.38. The van der Waals surface area contributed by atoms with Crippen molar-refractivity contribution in [2.75, 3.05) is 25.5 Å². The molecule has 0 radical (unpaired) electrons. The number of aromatic nitrogens is 1. The Morgan fingerprint density at radius 3 is 2.78 bits per heavy atom. The van der Waals surface area contributed by atoms with Crippen LogP contribution in [0.15, 0.2) is 12.3 Å². The van der Waals surface area contributed by atoms with E-state index in [1.54, 1.807) is 11.9 Å². The quantitative estimate of drug-likeness (QED) is 0.876. The Bertz CT molecular complexity index is 421. The maximum absolute atomic E-state index is 13.2. The van der Waals surface area contributed by atoms with Gasteiger partial charge in [0.1, 0.15) is 11.6 Å². The standard InChI is InChI=1S/C13H20FN3O/c1-5-15-12-11(6-10(14)7-16-12)13(18)17(4)8-9(2)3/h6-7,9H,5,8H2,1-4H3,(H,15,16). The Labute approximate surface area is 107 Å². The monoisotopic (exact) mass is 253 g/mol. The van der Waals surface area contributed by atoms with Gasteiger partial charge in [-0.2, -0.15) is 0 Å². The molecule has 1 aromatic rings. The first kappa shape index (κ1) is 14.4. The van der Waals surface area contributed by atoms with Crippen molar-refractivity contribution in [3.63, 3.8) is 0 Å². The summed E-state index contributed by atoms with van der Waals surface area (Å²) in [5.74, 6) is 0.0761. The molecule has 0 unspecified atom stereocenters. The van der Waals surface area contributed by atoms with Crippen LogP contribution in [0.4, 0.5) is 10.2 Å². The molecule has 0 spiro atoms. The molecule has 1 N–H and O–H groups in total. The van der Waals surface area contributed by atoms with Crippen molar-refractivity contribution in [3.8, 4) is 0 Å². The van der Waals surface area contributed by atoms with Gasteiger partial charge in [0.25, 0.3) is 5.91 Å². The maximum Gasteiger partial charge on any atom is 0.257 e. The van der Waals surface area contributed by atoms with Gasteiger partial charge in [-0.15, -0.1) is 0 Å². The highest BCUT2D eigenvalue weighted by atomic mass is 19.1. The first-order valence-corrected chi connectivity index (χ1v) is 6.10. The summed E-state index contributed by atoms with van der Waals surface area (Å²) in [4.78, 5) is 17.7. The molecule has 18 heavy (non-hydrogen) atoms. The van der Waals surface area contributed by atoms with E-state index in [9.17, 15) is 9.18 Å². The third-order valence-corrected chi connectivity index (χ3v) is 2.41. The molecule has 4 nitrogen and oxygen atoms in total. The topological polar surface area (TPSA) is 45.2 Å². The van der Waals surface area contributed by atoms with E-state index in [1.165, 1.54) is 6.07 Å². The van der Waals surface area contributed by atoms with E-state index in [1.807, 2.05) is 20.8 Å². The van der Waals surface area contributed by atoms with Crippen LogP contribution in [0, 0.1) is 11.7 Å². The molecule has 0 aromatic carbocycles. The molecule has 1 aromatic heterocycles. The minimum absolute atomic E-state index is 0.216. The lowest BCUT2D eigenvalue weighted by Crippen LogP contribution is -2.31. The molecule has 0 saturated heterocycles. The summed E-state index contributed by atoms with van der Waals surface area (Å²) in [5, 5.41) is 2.97. The summed E-state index contributed by atoms with van der Waals surface area (Å²) in [6, 6.07) is 1.23. The summed E-state index contributed by atoms with van der Waals surface area (Å²) < 4.78 is 13.2. The fourth-order valence-electron chi connectivity index (χ4n) is 1.75. The second-order valence-electron chi connectivity index (χ2n) is 4.66. The Morgan fingerprint density at radius 2 is 2.22 bits per heavy atom. The van der Waals surface area contributed by atoms with Gasteiger partial charge in [-0.1, -0.05) is 13.8 Å². The van der Waals surface area contributed by atoms with Gasteiger partial charge in [0.2, 0.25) is 0 Å². The van der Waals surface area contributed by atoms with Crippen LogP contribution in [0.1, 0.15) is 31.1 Å². The number of rotatable bonds is 5. The Kier molecular flexibility index (Phi) is 5.07. The van der Waals surface area contributed by atoms with Crippen LogP contribution < -0.4 is 5.32 Å². The number of anilines is 1. The minimum atomic E-state index is -0.502. The normalized spacial score (nSPS) is 10.6. The van der Waals surface area contributed by atoms with Crippen LogP contribution >= 0.6 is 0 Å². The number of amides is 1. The molecular weight excluding hydrogens is 233 g/mol. The molecule has 1 heterocycles. The van der Waals surface area contributed by atoms with Crippen molar-refractivity contribution in [1.82, 2.24) is 9.88 Å². The number of hydrogen-bond donors (Lipinski definition) is 1. The van der Waals surface area contributed by atoms with E-state index < -0.39 is 5.82 Å². The van der Waals surface area contributed by atoms with Crippen molar-refractivity contribution < 1.29 is 9.18 Å². The minimum Gasteiger partial charge on any atom is -0.370 e. The van der Waals surface area contributed by atoms with E-state index in [2.05, 4.69) is 10.3 Å². The molecule has 0 aliphatic heterocycles. The maximum atomic E-state index is 13.2. The van der Waals surface area contributed by atoms with E-state index >= 15 is 0 Å². The molecule has 5 heteroatoms. The van der Waals surface area contributed by atoms with Crippen molar-refractivity contribution in [3.05, 3.63) is 23.6 Å². The smallest absolute Gasteiger partial charge is 0.257 e. The first-order valence-electron chi connectivity index (χ1n) is 6.10. The first-order chi connectivity index (χ1) is 8.45. The summed E-state index contributed by atoms with van der Waals surface area (Å²) in [7, 11) is 1.71. The molecule has 0 saturated carbocycles. The van der Waals surface area contributed by atoms with Crippen LogP contribution in [0.3, 0.4) is 0 Å².